The van der Waals surface area contributed by atoms with Crippen LogP contribution >= 0.6 is 0 Å². The average Bonchev–Trinajstić information content (AvgIpc) is 0.862. The van der Waals surface area contributed by atoms with Gasteiger partial charge in [-0.15, -0.1) is 0 Å². The normalized spacial score (nSPS) is 12.4. The third kappa shape index (κ3) is 36.4. The maximum absolute atomic E-state index is 13.3. The molecule has 670 valence electrons. The van der Waals surface area contributed by atoms with E-state index in [1.165, 1.54) is 78.4 Å². The van der Waals surface area contributed by atoms with Crippen molar-refractivity contribution in [3.63, 3.8) is 0 Å². The molecule has 12 aromatic rings. The minimum atomic E-state index is -0.872. The van der Waals surface area contributed by atoms with Gasteiger partial charge >= 0.3 is 0 Å². The van der Waals surface area contributed by atoms with E-state index in [4.69, 9.17) is 0 Å². The largest absolute Gasteiger partial charge is 0.396 e. The Morgan fingerprint density at radius 2 is 0.391 bits per heavy atom. The lowest BCUT2D eigenvalue weighted by molar-refractivity contribution is -0.122. The summed E-state index contributed by atoms with van der Waals surface area (Å²) in [4.78, 5) is 103. The fourth-order valence-corrected chi connectivity index (χ4v) is 14.2. The lowest BCUT2D eigenvalue weighted by atomic mass is 9.90. The van der Waals surface area contributed by atoms with Gasteiger partial charge in [-0.3, -0.25) is 38.4 Å². The van der Waals surface area contributed by atoms with Crippen molar-refractivity contribution in [2.24, 2.45) is 23.7 Å². The van der Waals surface area contributed by atoms with E-state index in [9.17, 15) is 76.3 Å². The Morgan fingerprint density at radius 3 is 0.602 bits per heavy atom. The van der Waals surface area contributed by atoms with E-state index in [-0.39, 0.29) is 163 Å². The Labute approximate surface area is 750 Å². The molecule has 0 aromatic heterocycles. The number of carbonyl (C=O) groups excluding carboxylic acids is 8. The van der Waals surface area contributed by atoms with Gasteiger partial charge in [-0.2, -0.15) is 0 Å². The predicted molar refractivity (Wildman–Crippen MR) is 498 cm³/mol. The topological polar surface area (TPSA) is 266 Å². The molecular formula is C108H118F4N4O12. The first-order valence-electron chi connectivity index (χ1n) is 41.7. The van der Waals surface area contributed by atoms with Crippen LogP contribution in [0.2, 0.25) is 0 Å². The van der Waals surface area contributed by atoms with Gasteiger partial charge in [0.05, 0.1) is 24.2 Å². The molecule has 0 unspecified atom stereocenters. The molecule has 0 saturated carbocycles. The van der Waals surface area contributed by atoms with Crippen LogP contribution in [0.15, 0.2) is 334 Å². The van der Waals surface area contributed by atoms with Gasteiger partial charge in [-0.1, -0.05) is 264 Å². The summed E-state index contributed by atoms with van der Waals surface area (Å²) in [5.41, 5.74) is 10.2. The highest BCUT2D eigenvalue weighted by atomic mass is 19.1. The van der Waals surface area contributed by atoms with Crippen LogP contribution in [0, 0.1) is 53.9 Å². The van der Waals surface area contributed by atoms with E-state index in [1.807, 2.05) is 195 Å². The quantitative estimate of drug-likeness (QED) is 0.0167. The lowest BCUT2D eigenvalue weighted by Gasteiger charge is -2.21. The number of aliphatic hydroxyl groups is 4. The summed E-state index contributed by atoms with van der Waals surface area (Å²) in [6, 6.07) is 92.5. The van der Waals surface area contributed by atoms with Gasteiger partial charge in [0.15, 0.2) is 23.1 Å². The van der Waals surface area contributed by atoms with Crippen LogP contribution in [-0.2, 0) is 70.5 Å². The smallest absolute Gasteiger partial charge is 0.251 e. The van der Waals surface area contributed by atoms with E-state index in [2.05, 4.69) is 21.3 Å². The van der Waals surface area contributed by atoms with Gasteiger partial charge in [0, 0.05) is 74.4 Å². The highest BCUT2D eigenvalue weighted by molar-refractivity contribution is 6.00. The van der Waals surface area contributed by atoms with Gasteiger partial charge < -0.3 is 41.7 Å². The first-order valence-corrected chi connectivity index (χ1v) is 41.7. The number of halogens is 4. The number of hydrogen-bond acceptors (Lipinski definition) is 12. The maximum atomic E-state index is 13.3. The molecule has 0 bridgehead atoms. The number of amides is 4. The molecule has 8 atom stereocenters. The summed E-state index contributed by atoms with van der Waals surface area (Å²) in [5.74, 6) is -4.80. The molecule has 0 spiro atoms. The number of ketones is 4. The van der Waals surface area contributed by atoms with E-state index in [0.29, 0.717) is 55.2 Å². The standard InChI is InChI=1S/C27H29NO3.C26H25F2NO3.2C26H26FNO3.3CH4/c1-20-12-14-22(15-13-20)16-23(19-29)18-26(30)25(17-21-8-4-2-5-9-21)28-27(31)24-10-6-3-7-11-24;27-22-10-6-19(7-11-22)15-24(29-26(32)21-8-12-23(28)13-9-21)25(31)16-20(17-30)14-18-4-2-1-3-5-18;27-23-13-11-20(12-14-23)16-24(28-26(31)22-9-5-2-6-10-22)25(30)17-21(18-29)15-19-7-3-1-4-8-19;27-23-13-11-22(12-14-23)26(31)28-24(16-20-9-5-2-6-10-20)25(30)17-21(18-29)15-19-7-3-1-4-8-19;;;/h2-15,23,25,29H,16-19H2,1H3,(H,28,31);1-13,20,24,30H,14-17H2,(H,29,32);2*1-14,21,24,29H,15-18H2,(H,28,31);3*1H4/t23-,25+;20-,24+;2*21-,24+;;;/m1111.../s1. The van der Waals surface area contributed by atoms with Gasteiger partial charge in [-0.25, -0.2) is 17.6 Å². The molecule has 20 heteroatoms. The second-order valence-electron chi connectivity index (χ2n) is 31.0. The highest BCUT2D eigenvalue weighted by Crippen LogP contribution is 2.23. The van der Waals surface area contributed by atoms with Crippen LogP contribution in [0.5, 0.6) is 0 Å². The van der Waals surface area contributed by atoms with Crippen molar-refractivity contribution in [3.8, 4) is 0 Å². The zero-order valence-corrected chi connectivity index (χ0v) is 69.8. The van der Waals surface area contributed by atoms with Gasteiger partial charge in [0.1, 0.15) is 23.3 Å². The van der Waals surface area contributed by atoms with Gasteiger partial charge in [-0.05, 0) is 224 Å². The van der Waals surface area contributed by atoms with E-state index < -0.39 is 53.4 Å². The zero-order valence-electron chi connectivity index (χ0n) is 69.8. The highest BCUT2D eigenvalue weighted by Gasteiger charge is 2.30. The Bertz CT molecular complexity index is 5270. The Balaban J connectivity index is 0.000000261. The van der Waals surface area contributed by atoms with Crippen LogP contribution in [0.1, 0.15) is 139 Å². The zero-order chi connectivity index (χ0) is 89.1. The van der Waals surface area contributed by atoms with Crippen molar-refractivity contribution in [1.82, 2.24) is 21.3 Å². The molecule has 0 aliphatic rings. The maximum Gasteiger partial charge on any atom is 0.251 e. The van der Waals surface area contributed by atoms with Crippen molar-refractivity contribution >= 4 is 46.8 Å². The third-order valence-corrected chi connectivity index (χ3v) is 21.1. The van der Waals surface area contributed by atoms with Crippen molar-refractivity contribution in [1.29, 1.82) is 0 Å². The Kier molecular flexibility index (Phi) is 45.3. The molecule has 0 heterocycles. The van der Waals surface area contributed by atoms with Crippen molar-refractivity contribution in [2.75, 3.05) is 26.4 Å². The van der Waals surface area contributed by atoms with Crippen molar-refractivity contribution < 1.29 is 76.3 Å². The summed E-state index contributed by atoms with van der Waals surface area (Å²) in [6.07, 6.45) is 4.03. The first kappa shape index (κ1) is 104. The number of benzene rings is 12. The molecule has 4 amide bonds. The molecule has 0 fully saturated rings. The van der Waals surface area contributed by atoms with Crippen LogP contribution in [0.25, 0.3) is 0 Å². The second-order valence-corrected chi connectivity index (χ2v) is 31.0. The summed E-state index contributed by atoms with van der Waals surface area (Å²) >= 11 is 0. The third-order valence-electron chi connectivity index (χ3n) is 21.1. The SMILES string of the molecule is C.C.C.Cc1ccc(C[C@@H](CO)CC(=O)[C@H](Cc2ccccc2)NC(=O)c2ccccc2)cc1.O=C(N[C@@H](Cc1ccc(F)cc1)C(=O)C[C@H](CO)Cc1ccccc1)c1ccc(F)cc1.O=C(N[C@@H](Cc1ccc(F)cc1)C(=O)C[C@H](CO)Cc1ccccc1)c1ccccc1.O=C(N[C@@H](Cc1ccccc1)C(=O)C[C@H](CO)Cc1ccccc1)c1ccc(F)cc1. The monoisotopic (exact) mass is 1740 g/mol. The molecule has 12 aromatic carbocycles. The summed E-state index contributed by atoms with van der Waals surface area (Å²) in [7, 11) is 0. The molecular weight excluding hydrogens is 1620 g/mol. The summed E-state index contributed by atoms with van der Waals surface area (Å²) in [6.45, 7) is 1.53. The van der Waals surface area contributed by atoms with Crippen LogP contribution in [-0.4, -0.2) is 118 Å². The number of hydrogen-bond donors (Lipinski definition) is 8. The number of rotatable bonds is 40. The van der Waals surface area contributed by atoms with Crippen LogP contribution < -0.4 is 21.3 Å². The fourth-order valence-electron chi connectivity index (χ4n) is 14.2. The molecule has 0 aliphatic heterocycles. The molecule has 16 nitrogen and oxygen atoms in total. The van der Waals surface area contributed by atoms with E-state index in [0.717, 1.165) is 38.9 Å². The number of aryl methyl sites for hydroxylation is 1. The minimum absolute atomic E-state index is 0. The van der Waals surface area contributed by atoms with Gasteiger partial charge in [0.2, 0.25) is 0 Å². The number of nitrogens with one attached hydrogen (secondary N) is 4. The van der Waals surface area contributed by atoms with Crippen molar-refractivity contribution in [3.05, 3.63) is 429 Å². The number of Topliss-reactive ketones (excluding diaryl/α,β-unsaturated/α-hetero) is 4. The number of carbonyl (C=O) groups is 8. The first-order chi connectivity index (χ1) is 60.6. The molecule has 0 radical (unpaired) electrons. The second kappa shape index (κ2) is 56.0. The lowest BCUT2D eigenvalue weighted by Crippen LogP contribution is -2.43. The molecule has 12 rings (SSSR count). The van der Waals surface area contributed by atoms with E-state index >= 15 is 0 Å². The van der Waals surface area contributed by atoms with Crippen molar-refractivity contribution in [2.45, 2.75) is 130 Å². The van der Waals surface area contributed by atoms with E-state index in [1.54, 1.807) is 72.8 Å². The summed E-state index contributed by atoms with van der Waals surface area (Å²) in [5, 5.41) is 50.6. The molecule has 8 N–H and O–H groups in total. The number of aliphatic hydroxyl groups excluding tert-OH is 4. The Hall–Kier alpha value is -13.2. The predicted octanol–water partition coefficient (Wildman–Crippen LogP) is 18.1. The molecule has 0 aliphatic carbocycles. The fraction of sp³-hybridized carbons (Fsp3) is 0.259. The average molecular weight is 1740 g/mol. The Morgan fingerprint density at radius 1 is 0.227 bits per heavy atom. The molecule has 0 saturated heterocycles. The van der Waals surface area contributed by atoms with Crippen LogP contribution in [0.4, 0.5) is 17.6 Å². The van der Waals surface area contributed by atoms with Crippen LogP contribution in [0.3, 0.4) is 0 Å². The molecule has 128 heavy (non-hydrogen) atoms. The van der Waals surface area contributed by atoms with Gasteiger partial charge in [0.25, 0.3) is 23.6 Å². The summed E-state index contributed by atoms with van der Waals surface area (Å²) < 4.78 is 52.9. The minimum Gasteiger partial charge on any atom is -0.396 e.